The summed E-state index contributed by atoms with van der Waals surface area (Å²) in [5, 5.41) is 10.7. The first-order valence-electron chi connectivity index (χ1n) is 6.00. The molecule has 0 fully saturated rings. The van der Waals surface area contributed by atoms with Crippen molar-refractivity contribution in [2.45, 2.75) is 11.8 Å². The summed E-state index contributed by atoms with van der Waals surface area (Å²) in [5.74, 6) is 0. The van der Waals surface area contributed by atoms with Gasteiger partial charge in [0.2, 0.25) is 0 Å². The van der Waals surface area contributed by atoms with Gasteiger partial charge in [0.1, 0.15) is 0 Å². The van der Waals surface area contributed by atoms with E-state index < -0.39 is 14.9 Å². The molecule has 0 bridgehead atoms. The van der Waals surface area contributed by atoms with E-state index in [1.807, 2.05) is 6.92 Å². The minimum Gasteiger partial charge on any atom is -0.258 e. The van der Waals surface area contributed by atoms with Gasteiger partial charge in [0, 0.05) is 23.9 Å². The van der Waals surface area contributed by atoms with E-state index >= 15 is 0 Å². The smallest absolute Gasteiger partial charge is 0.258 e. The Labute approximate surface area is 122 Å². The van der Waals surface area contributed by atoms with Crippen molar-refractivity contribution in [1.29, 1.82) is 0 Å². The monoisotopic (exact) mass is 304 g/mol. The van der Waals surface area contributed by atoms with Gasteiger partial charge in [-0.1, -0.05) is 29.8 Å². The fourth-order valence-corrected chi connectivity index (χ4v) is 2.48. The first-order valence-corrected chi connectivity index (χ1v) is 7.44. The van der Waals surface area contributed by atoms with Crippen molar-refractivity contribution in [1.82, 2.24) is 0 Å². The SMILES string of the molecule is Cc1ccc(S(=O)(=O)/N=C/c2cccc([N+](=O)[O-])c2)cc1. The normalized spacial score (nSPS) is 11.7. The number of nitro groups is 1. The topological polar surface area (TPSA) is 89.6 Å². The summed E-state index contributed by atoms with van der Waals surface area (Å²) >= 11 is 0. The molecule has 0 aliphatic rings. The molecular formula is C14H12N2O4S. The first kappa shape index (κ1) is 14.9. The molecule has 2 aromatic carbocycles. The zero-order chi connectivity index (χ0) is 15.5. The minimum absolute atomic E-state index is 0.0785. The fraction of sp³-hybridized carbons (Fsp3) is 0.0714. The molecule has 6 nitrogen and oxygen atoms in total. The zero-order valence-corrected chi connectivity index (χ0v) is 11.9. The van der Waals surface area contributed by atoms with Crippen molar-refractivity contribution in [3.05, 3.63) is 69.8 Å². The molecule has 0 atom stereocenters. The Morgan fingerprint density at radius 3 is 2.43 bits per heavy atom. The second-order valence-electron chi connectivity index (χ2n) is 4.37. The summed E-state index contributed by atoms with van der Waals surface area (Å²) < 4.78 is 27.6. The van der Waals surface area contributed by atoms with Crippen molar-refractivity contribution >= 4 is 21.9 Å². The average Bonchev–Trinajstić information content (AvgIpc) is 2.46. The number of aryl methyl sites for hydroxylation is 1. The number of nitro benzene ring substituents is 1. The summed E-state index contributed by atoms with van der Waals surface area (Å²) in [7, 11) is -3.81. The summed E-state index contributed by atoms with van der Waals surface area (Å²) in [6.45, 7) is 1.85. The Morgan fingerprint density at radius 1 is 1.14 bits per heavy atom. The van der Waals surface area contributed by atoms with Gasteiger partial charge in [-0.25, -0.2) is 0 Å². The number of non-ortho nitro benzene ring substituents is 1. The van der Waals surface area contributed by atoms with E-state index in [-0.39, 0.29) is 10.6 Å². The van der Waals surface area contributed by atoms with Gasteiger partial charge in [0.25, 0.3) is 15.7 Å². The molecule has 0 amide bonds. The number of hydrogen-bond acceptors (Lipinski definition) is 4. The third kappa shape index (κ3) is 3.73. The maximum absolute atomic E-state index is 12.0. The van der Waals surface area contributed by atoms with Gasteiger partial charge in [-0.15, -0.1) is 0 Å². The highest BCUT2D eigenvalue weighted by molar-refractivity contribution is 7.90. The van der Waals surface area contributed by atoms with Gasteiger partial charge in [-0.05, 0) is 19.1 Å². The number of sulfonamides is 1. The zero-order valence-electron chi connectivity index (χ0n) is 11.1. The van der Waals surface area contributed by atoms with E-state index in [9.17, 15) is 18.5 Å². The molecule has 7 heteroatoms. The van der Waals surface area contributed by atoms with Crippen LogP contribution in [0.1, 0.15) is 11.1 Å². The van der Waals surface area contributed by atoms with Crippen LogP contribution in [-0.4, -0.2) is 19.6 Å². The van der Waals surface area contributed by atoms with Crippen molar-refractivity contribution in [3.63, 3.8) is 0 Å². The quantitative estimate of drug-likeness (QED) is 0.493. The molecule has 2 aromatic rings. The lowest BCUT2D eigenvalue weighted by Gasteiger charge is -1.99. The van der Waals surface area contributed by atoms with E-state index in [1.165, 1.54) is 30.3 Å². The van der Waals surface area contributed by atoms with Crippen molar-refractivity contribution in [2.75, 3.05) is 0 Å². The van der Waals surface area contributed by atoms with Crippen LogP contribution in [0.15, 0.2) is 57.8 Å². The van der Waals surface area contributed by atoms with Crippen LogP contribution < -0.4 is 0 Å². The van der Waals surface area contributed by atoms with Crippen LogP contribution >= 0.6 is 0 Å². The average molecular weight is 304 g/mol. The Hall–Kier alpha value is -2.54. The van der Waals surface area contributed by atoms with Crippen molar-refractivity contribution in [3.8, 4) is 0 Å². The Morgan fingerprint density at radius 2 is 1.81 bits per heavy atom. The van der Waals surface area contributed by atoms with Crippen LogP contribution in [0.2, 0.25) is 0 Å². The van der Waals surface area contributed by atoms with Gasteiger partial charge in [-0.3, -0.25) is 10.1 Å². The highest BCUT2D eigenvalue weighted by Gasteiger charge is 2.11. The molecular weight excluding hydrogens is 292 g/mol. The standard InChI is InChI=1S/C14H12N2O4S/c1-11-5-7-14(8-6-11)21(19,20)15-10-12-3-2-4-13(9-12)16(17)18/h2-10H,1H3/b15-10+. The van der Waals surface area contributed by atoms with Gasteiger partial charge in [-0.2, -0.15) is 12.8 Å². The largest absolute Gasteiger partial charge is 0.282 e. The van der Waals surface area contributed by atoms with E-state index in [0.29, 0.717) is 5.56 Å². The lowest BCUT2D eigenvalue weighted by atomic mass is 10.2. The molecule has 0 aromatic heterocycles. The number of rotatable bonds is 4. The maximum atomic E-state index is 12.0. The summed E-state index contributed by atoms with van der Waals surface area (Å²) in [5.41, 5.74) is 1.17. The highest BCUT2D eigenvalue weighted by atomic mass is 32.2. The summed E-state index contributed by atoms with van der Waals surface area (Å²) in [4.78, 5) is 10.2. The van der Waals surface area contributed by atoms with Crippen LogP contribution in [0.5, 0.6) is 0 Å². The van der Waals surface area contributed by atoms with Crippen LogP contribution in [-0.2, 0) is 10.0 Å². The third-order valence-corrected chi connectivity index (χ3v) is 3.99. The number of benzene rings is 2. The van der Waals surface area contributed by atoms with Crippen LogP contribution in [0.4, 0.5) is 5.69 Å². The molecule has 0 saturated carbocycles. The predicted octanol–water partition coefficient (Wildman–Crippen LogP) is 2.71. The van der Waals surface area contributed by atoms with E-state index in [1.54, 1.807) is 18.2 Å². The number of nitrogens with zero attached hydrogens (tertiary/aromatic N) is 2. The molecule has 0 saturated heterocycles. The molecule has 0 unspecified atom stereocenters. The second-order valence-corrected chi connectivity index (χ2v) is 6.01. The summed E-state index contributed by atoms with van der Waals surface area (Å²) in [6, 6.07) is 11.9. The third-order valence-electron chi connectivity index (χ3n) is 2.74. The van der Waals surface area contributed by atoms with Crippen LogP contribution in [0.3, 0.4) is 0 Å². The van der Waals surface area contributed by atoms with E-state index in [0.717, 1.165) is 11.8 Å². The van der Waals surface area contributed by atoms with Gasteiger partial charge in [0.05, 0.1) is 9.82 Å². The first-order chi connectivity index (χ1) is 9.88. The Bertz CT molecular complexity index is 796. The maximum Gasteiger partial charge on any atom is 0.282 e. The molecule has 0 heterocycles. The molecule has 2 rings (SSSR count). The highest BCUT2D eigenvalue weighted by Crippen LogP contribution is 2.15. The Kier molecular flexibility index (Phi) is 4.13. The van der Waals surface area contributed by atoms with Crippen molar-refractivity contribution in [2.24, 2.45) is 4.40 Å². The molecule has 108 valence electrons. The van der Waals surface area contributed by atoms with Crippen LogP contribution in [0.25, 0.3) is 0 Å². The Balaban J connectivity index is 2.29. The van der Waals surface area contributed by atoms with E-state index in [2.05, 4.69) is 4.40 Å². The predicted molar refractivity (Wildman–Crippen MR) is 79.1 cm³/mol. The van der Waals surface area contributed by atoms with Gasteiger partial charge >= 0.3 is 0 Å². The molecule has 21 heavy (non-hydrogen) atoms. The van der Waals surface area contributed by atoms with Gasteiger partial charge < -0.3 is 0 Å². The fourth-order valence-electron chi connectivity index (χ4n) is 1.62. The van der Waals surface area contributed by atoms with Gasteiger partial charge in [0.15, 0.2) is 0 Å². The number of hydrogen-bond donors (Lipinski definition) is 0. The molecule has 0 aliphatic heterocycles. The second kappa shape index (κ2) is 5.84. The van der Waals surface area contributed by atoms with Crippen LogP contribution in [0, 0.1) is 17.0 Å². The minimum atomic E-state index is -3.81. The lowest BCUT2D eigenvalue weighted by molar-refractivity contribution is -0.384. The molecule has 0 radical (unpaired) electrons. The molecule has 0 aliphatic carbocycles. The molecule has 0 N–H and O–H groups in total. The van der Waals surface area contributed by atoms with Crippen molar-refractivity contribution < 1.29 is 13.3 Å². The lowest BCUT2D eigenvalue weighted by Crippen LogP contribution is -1.98. The molecule has 0 spiro atoms. The summed E-state index contributed by atoms with van der Waals surface area (Å²) in [6.07, 6.45) is 1.10. The van der Waals surface area contributed by atoms with E-state index in [4.69, 9.17) is 0 Å².